The normalized spacial score (nSPS) is 9.40. The van der Waals surface area contributed by atoms with Crippen molar-refractivity contribution in [3.8, 4) is 5.88 Å². The van der Waals surface area contributed by atoms with Crippen molar-refractivity contribution in [2.75, 3.05) is 7.11 Å². The molecule has 54 valence electrons. The van der Waals surface area contributed by atoms with Gasteiger partial charge < -0.3 is 0 Å². The maximum atomic E-state index is 4.96. The summed E-state index contributed by atoms with van der Waals surface area (Å²) in [6.45, 7) is 0. The predicted molar refractivity (Wildman–Crippen MR) is 42.0 cm³/mol. The van der Waals surface area contributed by atoms with Crippen LogP contribution in [0.5, 0.6) is 5.88 Å². The minimum atomic E-state index is 0.467. The molecule has 1 aromatic rings. The van der Waals surface area contributed by atoms with Crippen molar-refractivity contribution in [2.24, 2.45) is 0 Å². The van der Waals surface area contributed by atoms with E-state index in [2.05, 4.69) is 10.8 Å². The van der Waals surface area contributed by atoms with Gasteiger partial charge >= 0.3 is 66.3 Å². The number of hydrogen-bond acceptors (Lipinski definition) is 2. The number of rotatable bonds is 2. The molecule has 0 aliphatic rings. The van der Waals surface area contributed by atoms with Crippen molar-refractivity contribution in [3.05, 3.63) is 18.2 Å². The summed E-state index contributed by atoms with van der Waals surface area (Å²) in [6, 6.07) is 5.84. The first-order valence-electron chi connectivity index (χ1n) is 2.92. The summed E-state index contributed by atoms with van der Waals surface area (Å²) in [5.74, 6) is 2.84. The van der Waals surface area contributed by atoms with Crippen molar-refractivity contribution in [3.63, 3.8) is 0 Å². The van der Waals surface area contributed by atoms with Gasteiger partial charge in [0.1, 0.15) is 0 Å². The molecule has 0 aromatic carbocycles. The van der Waals surface area contributed by atoms with Crippen molar-refractivity contribution in [1.82, 2.24) is 4.98 Å². The second-order valence-electron chi connectivity index (χ2n) is 1.72. The van der Waals surface area contributed by atoms with E-state index in [4.69, 9.17) is 4.74 Å². The summed E-state index contributed by atoms with van der Waals surface area (Å²) in [6.07, 6.45) is 0. The first kappa shape index (κ1) is 7.58. The Morgan fingerprint density at radius 3 is 2.90 bits per heavy atom. The zero-order chi connectivity index (χ0) is 7.40. The second-order valence-corrected chi connectivity index (χ2v) is 3.46. The molecule has 1 heterocycles. The monoisotopic (exact) mass is 203 g/mol. The molecule has 0 atom stereocenters. The van der Waals surface area contributed by atoms with Gasteiger partial charge in [0.25, 0.3) is 0 Å². The Bertz CT molecular complexity index is 195. The Hall–Kier alpha value is -0.531. The fourth-order valence-electron chi connectivity index (χ4n) is 0.623. The SMILES string of the molecule is COc1cccc([Se]C)n1. The number of pyridine rings is 1. The Kier molecular flexibility index (Phi) is 2.72. The molecule has 0 saturated heterocycles. The van der Waals surface area contributed by atoms with Crippen LogP contribution in [0.15, 0.2) is 18.2 Å². The molecule has 10 heavy (non-hydrogen) atoms. The van der Waals surface area contributed by atoms with Crippen molar-refractivity contribution in [2.45, 2.75) is 5.82 Å². The van der Waals surface area contributed by atoms with Crippen molar-refractivity contribution < 1.29 is 4.74 Å². The van der Waals surface area contributed by atoms with Crippen LogP contribution >= 0.6 is 0 Å². The molecule has 0 aliphatic heterocycles. The molecule has 1 rings (SSSR count). The summed E-state index contributed by atoms with van der Waals surface area (Å²) in [7, 11) is 1.63. The van der Waals surface area contributed by atoms with Crippen LogP contribution in [0.25, 0.3) is 0 Å². The zero-order valence-corrected chi connectivity index (χ0v) is 7.71. The Labute approximate surface area is 66.8 Å². The van der Waals surface area contributed by atoms with Crippen LogP contribution in [0.3, 0.4) is 0 Å². The van der Waals surface area contributed by atoms with Crippen LogP contribution in [0.1, 0.15) is 0 Å². The molecule has 0 amide bonds. The fraction of sp³-hybridized carbons (Fsp3) is 0.286. The van der Waals surface area contributed by atoms with Crippen molar-refractivity contribution in [1.29, 1.82) is 0 Å². The first-order chi connectivity index (χ1) is 4.86. The van der Waals surface area contributed by atoms with E-state index in [1.807, 2.05) is 18.2 Å². The van der Waals surface area contributed by atoms with E-state index in [1.54, 1.807) is 7.11 Å². The van der Waals surface area contributed by atoms with Gasteiger partial charge in [0, 0.05) is 0 Å². The molecule has 3 heteroatoms. The van der Waals surface area contributed by atoms with Gasteiger partial charge in [-0.05, 0) is 0 Å². The number of methoxy groups -OCH3 is 1. The number of aromatic nitrogens is 1. The first-order valence-corrected chi connectivity index (χ1v) is 5.49. The Morgan fingerprint density at radius 1 is 1.50 bits per heavy atom. The molecule has 0 fully saturated rings. The van der Waals surface area contributed by atoms with Gasteiger partial charge in [0.2, 0.25) is 0 Å². The topological polar surface area (TPSA) is 22.1 Å². The van der Waals surface area contributed by atoms with E-state index in [0.717, 1.165) is 4.59 Å². The summed E-state index contributed by atoms with van der Waals surface area (Å²) in [5, 5.41) is 0. The van der Waals surface area contributed by atoms with Crippen LogP contribution in [-0.2, 0) is 0 Å². The van der Waals surface area contributed by atoms with E-state index in [0.29, 0.717) is 20.8 Å². The standard InChI is InChI=1S/C7H9NOSe/c1-9-6-4-3-5-7(8-6)10-2/h3-5H,1-2H3. The summed E-state index contributed by atoms with van der Waals surface area (Å²) < 4.78 is 6.09. The van der Waals surface area contributed by atoms with Crippen molar-refractivity contribution >= 4 is 19.5 Å². The van der Waals surface area contributed by atoms with Gasteiger partial charge in [-0.3, -0.25) is 0 Å². The molecule has 0 spiro atoms. The number of ether oxygens (including phenoxy) is 1. The molecular weight excluding hydrogens is 193 g/mol. The van der Waals surface area contributed by atoms with Crippen LogP contribution in [-0.4, -0.2) is 27.1 Å². The third kappa shape index (κ3) is 1.72. The molecule has 0 N–H and O–H groups in total. The zero-order valence-electron chi connectivity index (χ0n) is 6.00. The molecule has 0 aliphatic carbocycles. The second kappa shape index (κ2) is 3.59. The fourth-order valence-corrected chi connectivity index (χ4v) is 1.45. The van der Waals surface area contributed by atoms with Gasteiger partial charge in [-0.1, -0.05) is 0 Å². The molecule has 1 aromatic heterocycles. The number of nitrogens with zero attached hydrogens (tertiary/aromatic N) is 1. The van der Waals surface area contributed by atoms with E-state index in [9.17, 15) is 0 Å². The third-order valence-corrected chi connectivity index (χ3v) is 2.47. The van der Waals surface area contributed by atoms with Crippen LogP contribution < -0.4 is 9.33 Å². The van der Waals surface area contributed by atoms with Crippen LogP contribution in [0.2, 0.25) is 5.82 Å². The Morgan fingerprint density at radius 2 is 2.30 bits per heavy atom. The van der Waals surface area contributed by atoms with Gasteiger partial charge in [0.15, 0.2) is 0 Å². The average molecular weight is 202 g/mol. The average Bonchev–Trinajstić information content (AvgIpc) is 2.05. The quantitative estimate of drug-likeness (QED) is 0.650. The summed E-state index contributed by atoms with van der Waals surface area (Å²) in [5.41, 5.74) is 0. The third-order valence-electron chi connectivity index (χ3n) is 1.12. The van der Waals surface area contributed by atoms with E-state index in [-0.39, 0.29) is 0 Å². The molecular formula is C7H9NOSe. The van der Waals surface area contributed by atoms with Crippen LogP contribution in [0.4, 0.5) is 0 Å². The summed E-state index contributed by atoms with van der Waals surface area (Å²) >= 11 is 0.467. The van der Waals surface area contributed by atoms with Gasteiger partial charge in [-0.2, -0.15) is 0 Å². The van der Waals surface area contributed by atoms with Gasteiger partial charge in [0.05, 0.1) is 0 Å². The molecule has 0 bridgehead atoms. The molecule has 0 unspecified atom stereocenters. The predicted octanol–water partition coefficient (Wildman–Crippen LogP) is 0.468. The maximum absolute atomic E-state index is 4.96. The molecule has 0 saturated carbocycles. The van der Waals surface area contributed by atoms with Gasteiger partial charge in [-0.25, -0.2) is 0 Å². The van der Waals surface area contributed by atoms with Crippen LogP contribution in [0, 0.1) is 0 Å². The summed E-state index contributed by atoms with van der Waals surface area (Å²) in [4.78, 5) is 4.22. The Balaban J connectivity index is 2.87. The van der Waals surface area contributed by atoms with E-state index < -0.39 is 0 Å². The van der Waals surface area contributed by atoms with Gasteiger partial charge in [-0.15, -0.1) is 0 Å². The molecule has 2 nitrogen and oxygen atoms in total. The van der Waals surface area contributed by atoms with E-state index in [1.165, 1.54) is 0 Å². The van der Waals surface area contributed by atoms with E-state index >= 15 is 0 Å². The minimum absolute atomic E-state index is 0.467. The molecule has 0 radical (unpaired) electrons. The number of hydrogen-bond donors (Lipinski definition) is 0.